The van der Waals surface area contributed by atoms with Gasteiger partial charge < -0.3 is 19.5 Å². The molecule has 0 bridgehead atoms. The van der Waals surface area contributed by atoms with E-state index < -0.39 is 0 Å². The van der Waals surface area contributed by atoms with Crippen molar-refractivity contribution in [2.75, 3.05) is 31.7 Å². The van der Waals surface area contributed by atoms with Gasteiger partial charge in [0.1, 0.15) is 5.70 Å². The standard InChI is InChI=1S/C27H34N2O5/c1-6-32-22-14-13-21(17-23(22)33-7-2)28-25-24(20-11-9-19(5)10-12-20)26(30)29(27(25)31)15-8-16-34-18(3)4/h9-14,17-18,28H,6-8,15-16H2,1-5H3. The zero-order chi connectivity index (χ0) is 24.7. The molecule has 3 rings (SSSR count). The van der Waals surface area contributed by atoms with Crippen LogP contribution in [0.5, 0.6) is 11.5 Å². The van der Waals surface area contributed by atoms with E-state index in [9.17, 15) is 9.59 Å². The van der Waals surface area contributed by atoms with E-state index in [4.69, 9.17) is 14.2 Å². The summed E-state index contributed by atoms with van der Waals surface area (Å²) in [6, 6.07) is 13.0. The van der Waals surface area contributed by atoms with Crippen LogP contribution in [0, 0.1) is 6.92 Å². The third kappa shape index (κ3) is 5.97. The molecule has 1 heterocycles. The van der Waals surface area contributed by atoms with Crippen molar-refractivity contribution in [1.29, 1.82) is 0 Å². The maximum absolute atomic E-state index is 13.4. The summed E-state index contributed by atoms with van der Waals surface area (Å²) >= 11 is 0. The zero-order valence-electron chi connectivity index (χ0n) is 20.6. The molecule has 2 amide bonds. The van der Waals surface area contributed by atoms with E-state index in [1.807, 2.05) is 65.0 Å². The molecule has 0 aliphatic carbocycles. The summed E-state index contributed by atoms with van der Waals surface area (Å²) in [6.07, 6.45) is 0.671. The van der Waals surface area contributed by atoms with Crippen molar-refractivity contribution in [2.45, 2.75) is 47.1 Å². The molecule has 0 unspecified atom stereocenters. The van der Waals surface area contributed by atoms with Gasteiger partial charge in [-0.25, -0.2) is 0 Å². The van der Waals surface area contributed by atoms with Gasteiger partial charge in [0.05, 0.1) is 24.9 Å². The first-order valence-electron chi connectivity index (χ1n) is 11.8. The van der Waals surface area contributed by atoms with E-state index in [0.717, 1.165) is 5.56 Å². The molecule has 0 aromatic heterocycles. The van der Waals surface area contributed by atoms with Crippen LogP contribution in [0.2, 0.25) is 0 Å². The molecule has 0 radical (unpaired) electrons. The predicted molar refractivity (Wildman–Crippen MR) is 133 cm³/mol. The van der Waals surface area contributed by atoms with Crippen molar-refractivity contribution in [3.8, 4) is 11.5 Å². The lowest BCUT2D eigenvalue weighted by Crippen LogP contribution is -2.34. The fraction of sp³-hybridized carbons (Fsp3) is 0.407. The van der Waals surface area contributed by atoms with Crippen LogP contribution in [-0.2, 0) is 14.3 Å². The van der Waals surface area contributed by atoms with E-state index in [1.54, 1.807) is 12.1 Å². The minimum absolute atomic E-state index is 0.0997. The Bertz CT molecular complexity index is 1040. The Hall–Kier alpha value is -3.32. The molecular weight excluding hydrogens is 432 g/mol. The maximum Gasteiger partial charge on any atom is 0.278 e. The van der Waals surface area contributed by atoms with Crippen LogP contribution in [0.25, 0.3) is 5.57 Å². The second kappa shape index (κ2) is 11.7. The van der Waals surface area contributed by atoms with Crippen LogP contribution in [-0.4, -0.2) is 49.2 Å². The quantitative estimate of drug-likeness (QED) is 0.358. The monoisotopic (exact) mass is 466 g/mol. The topological polar surface area (TPSA) is 77.1 Å². The van der Waals surface area contributed by atoms with Crippen molar-refractivity contribution < 1.29 is 23.8 Å². The molecule has 2 aromatic rings. The molecule has 0 atom stereocenters. The summed E-state index contributed by atoms with van der Waals surface area (Å²) < 4.78 is 16.9. The summed E-state index contributed by atoms with van der Waals surface area (Å²) in [4.78, 5) is 28.0. The van der Waals surface area contributed by atoms with Crippen LogP contribution < -0.4 is 14.8 Å². The average molecular weight is 467 g/mol. The highest BCUT2D eigenvalue weighted by atomic mass is 16.5. The molecule has 1 aliphatic rings. The number of hydrogen-bond donors (Lipinski definition) is 1. The van der Waals surface area contributed by atoms with Gasteiger partial charge in [0.25, 0.3) is 11.8 Å². The van der Waals surface area contributed by atoms with Crippen LogP contribution in [0.15, 0.2) is 48.2 Å². The number of hydrogen-bond acceptors (Lipinski definition) is 6. The van der Waals surface area contributed by atoms with E-state index in [0.29, 0.717) is 61.1 Å². The van der Waals surface area contributed by atoms with Gasteiger partial charge in [-0.3, -0.25) is 14.5 Å². The van der Waals surface area contributed by atoms with E-state index >= 15 is 0 Å². The predicted octanol–water partition coefficient (Wildman–Crippen LogP) is 4.80. The number of anilines is 1. The molecule has 1 N–H and O–H groups in total. The van der Waals surface area contributed by atoms with Gasteiger partial charge in [-0.1, -0.05) is 29.8 Å². The van der Waals surface area contributed by atoms with Crippen molar-refractivity contribution >= 4 is 23.1 Å². The second-order valence-corrected chi connectivity index (χ2v) is 8.30. The Labute approximate surface area is 201 Å². The molecule has 0 saturated carbocycles. The Morgan fingerprint density at radius 3 is 2.24 bits per heavy atom. The maximum atomic E-state index is 13.4. The van der Waals surface area contributed by atoms with Gasteiger partial charge in [0, 0.05) is 24.9 Å². The summed E-state index contributed by atoms with van der Waals surface area (Å²) in [6.45, 7) is 11.5. The third-order valence-corrected chi connectivity index (χ3v) is 5.30. The number of nitrogens with zero attached hydrogens (tertiary/aromatic N) is 1. The SMILES string of the molecule is CCOc1ccc(NC2=C(c3ccc(C)cc3)C(=O)N(CCCOC(C)C)C2=O)cc1OCC. The number of imide groups is 1. The average Bonchev–Trinajstić information content (AvgIpc) is 3.03. The Morgan fingerprint density at radius 2 is 1.59 bits per heavy atom. The van der Waals surface area contributed by atoms with Gasteiger partial charge in [0.15, 0.2) is 11.5 Å². The van der Waals surface area contributed by atoms with Crippen molar-refractivity contribution in [3.05, 3.63) is 59.3 Å². The highest BCUT2D eigenvalue weighted by Crippen LogP contribution is 2.34. The first-order valence-corrected chi connectivity index (χ1v) is 11.8. The number of aryl methyl sites for hydroxylation is 1. The van der Waals surface area contributed by atoms with Crippen LogP contribution in [0.3, 0.4) is 0 Å². The lowest BCUT2D eigenvalue weighted by atomic mass is 10.0. The fourth-order valence-electron chi connectivity index (χ4n) is 3.70. The normalized spacial score (nSPS) is 13.8. The number of rotatable bonds is 12. The number of benzene rings is 2. The van der Waals surface area contributed by atoms with Crippen LogP contribution in [0.4, 0.5) is 5.69 Å². The van der Waals surface area contributed by atoms with Gasteiger partial charge in [0.2, 0.25) is 0 Å². The first-order chi connectivity index (χ1) is 16.3. The number of amides is 2. The molecule has 0 saturated heterocycles. The third-order valence-electron chi connectivity index (χ3n) is 5.30. The summed E-state index contributed by atoms with van der Waals surface area (Å²) in [5.74, 6) is 0.545. The lowest BCUT2D eigenvalue weighted by molar-refractivity contribution is -0.137. The fourth-order valence-corrected chi connectivity index (χ4v) is 3.70. The van der Waals surface area contributed by atoms with Gasteiger partial charge in [-0.2, -0.15) is 0 Å². The minimum atomic E-state index is -0.350. The van der Waals surface area contributed by atoms with E-state index in [2.05, 4.69) is 5.32 Å². The second-order valence-electron chi connectivity index (χ2n) is 8.30. The molecule has 0 spiro atoms. The minimum Gasteiger partial charge on any atom is -0.490 e. The number of ether oxygens (including phenoxy) is 3. The van der Waals surface area contributed by atoms with Crippen LogP contribution in [0.1, 0.15) is 45.2 Å². The van der Waals surface area contributed by atoms with Gasteiger partial charge in [-0.15, -0.1) is 0 Å². The van der Waals surface area contributed by atoms with Gasteiger partial charge >= 0.3 is 0 Å². The van der Waals surface area contributed by atoms with Crippen molar-refractivity contribution in [3.63, 3.8) is 0 Å². The van der Waals surface area contributed by atoms with E-state index in [1.165, 1.54) is 4.90 Å². The van der Waals surface area contributed by atoms with Crippen LogP contribution >= 0.6 is 0 Å². The number of carbonyl (C=O) groups excluding carboxylic acids is 2. The summed E-state index contributed by atoms with van der Waals surface area (Å²) in [5.41, 5.74) is 3.03. The molecule has 182 valence electrons. The largest absolute Gasteiger partial charge is 0.490 e. The highest BCUT2D eigenvalue weighted by molar-refractivity contribution is 6.36. The lowest BCUT2D eigenvalue weighted by Gasteiger charge is -2.16. The molecule has 7 heteroatoms. The highest BCUT2D eigenvalue weighted by Gasteiger charge is 2.39. The van der Waals surface area contributed by atoms with Gasteiger partial charge in [-0.05, 0) is 58.7 Å². The van der Waals surface area contributed by atoms with Crippen molar-refractivity contribution in [1.82, 2.24) is 4.90 Å². The first kappa shape index (κ1) is 25.3. The Balaban J connectivity index is 1.93. The number of nitrogens with one attached hydrogen (secondary N) is 1. The molecule has 7 nitrogen and oxygen atoms in total. The molecule has 0 fully saturated rings. The Morgan fingerprint density at radius 1 is 0.912 bits per heavy atom. The molecule has 34 heavy (non-hydrogen) atoms. The zero-order valence-corrected chi connectivity index (χ0v) is 20.6. The molecule has 1 aliphatic heterocycles. The Kier molecular flexibility index (Phi) is 8.71. The number of carbonyl (C=O) groups is 2. The smallest absolute Gasteiger partial charge is 0.278 e. The van der Waals surface area contributed by atoms with E-state index in [-0.39, 0.29) is 23.6 Å². The summed E-state index contributed by atoms with van der Waals surface area (Å²) in [7, 11) is 0. The summed E-state index contributed by atoms with van der Waals surface area (Å²) in [5, 5.41) is 3.19. The van der Waals surface area contributed by atoms with Crippen molar-refractivity contribution in [2.24, 2.45) is 0 Å². The molecular formula is C27H34N2O5. The molecule has 2 aromatic carbocycles.